The Morgan fingerprint density at radius 3 is 2.37 bits per heavy atom. The van der Waals surface area contributed by atoms with Crippen LogP contribution >= 0.6 is 0 Å². The van der Waals surface area contributed by atoms with Gasteiger partial charge in [-0.3, -0.25) is 9.36 Å². The zero-order chi connectivity index (χ0) is 25.4. The van der Waals surface area contributed by atoms with Gasteiger partial charge >= 0.3 is 12.1 Å². The van der Waals surface area contributed by atoms with Crippen molar-refractivity contribution in [2.75, 3.05) is 13.1 Å². The Bertz CT molecular complexity index is 1100. The maximum atomic E-state index is 13.8. The van der Waals surface area contributed by atoms with E-state index in [1.54, 1.807) is 43.4 Å². The van der Waals surface area contributed by atoms with Gasteiger partial charge in [0.1, 0.15) is 17.0 Å². The largest absolute Gasteiger partial charge is 0.444 e. The molecule has 1 saturated heterocycles. The fraction of sp³-hybridized carbons (Fsp3) is 0.538. The molecule has 188 valence electrons. The SMILES string of the molecule is Cc1ncc2n1C(=O)N(C1CCN(C(=O)C(C)(Cc3ccccc3)NC(=O)OC(C)(C)C)CC1)C2. The molecule has 0 bridgehead atoms. The predicted octanol–water partition coefficient (Wildman–Crippen LogP) is 3.49. The number of hydrogen-bond acceptors (Lipinski definition) is 5. The molecule has 1 fully saturated rings. The highest BCUT2D eigenvalue weighted by molar-refractivity contribution is 5.90. The first-order valence-electron chi connectivity index (χ1n) is 12.2. The van der Waals surface area contributed by atoms with Crippen LogP contribution in [0.3, 0.4) is 0 Å². The number of aromatic nitrogens is 2. The summed E-state index contributed by atoms with van der Waals surface area (Å²) in [5.41, 5.74) is 0.0147. The Balaban J connectivity index is 1.44. The molecule has 2 aliphatic rings. The van der Waals surface area contributed by atoms with Gasteiger partial charge in [0, 0.05) is 25.6 Å². The molecule has 0 spiro atoms. The van der Waals surface area contributed by atoms with Crippen LogP contribution in [-0.2, 0) is 22.5 Å². The van der Waals surface area contributed by atoms with E-state index in [9.17, 15) is 14.4 Å². The highest BCUT2D eigenvalue weighted by atomic mass is 16.6. The second-order valence-corrected chi connectivity index (χ2v) is 10.7. The minimum atomic E-state index is -1.17. The third-order valence-corrected chi connectivity index (χ3v) is 6.62. The highest BCUT2D eigenvalue weighted by Crippen LogP contribution is 2.27. The van der Waals surface area contributed by atoms with Gasteiger partial charge in [-0.05, 0) is 53.0 Å². The van der Waals surface area contributed by atoms with E-state index in [1.165, 1.54) is 0 Å². The number of aryl methyl sites for hydroxylation is 1. The molecular formula is C26H35N5O4. The number of alkyl carbamates (subject to hydrolysis) is 1. The minimum Gasteiger partial charge on any atom is -0.444 e. The van der Waals surface area contributed by atoms with Gasteiger partial charge in [-0.25, -0.2) is 14.6 Å². The van der Waals surface area contributed by atoms with Crippen molar-refractivity contribution in [3.05, 3.63) is 53.6 Å². The number of likely N-dealkylation sites (tertiary alicyclic amines) is 1. The van der Waals surface area contributed by atoms with Crippen LogP contribution in [0.15, 0.2) is 36.5 Å². The molecule has 0 saturated carbocycles. The summed E-state index contributed by atoms with van der Waals surface area (Å²) in [6, 6.07) is 9.66. The zero-order valence-electron chi connectivity index (χ0n) is 21.2. The third kappa shape index (κ3) is 5.33. The molecule has 1 aromatic heterocycles. The Hall–Kier alpha value is -3.36. The standard InChI is InChI=1S/C26H35N5O4/c1-18-27-16-21-17-30(24(34)31(18)21)20-11-13-29(14-12-20)22(32)26(5,15-19-9-7-6-8-10-19)28-23(33)35-25(2,3)4/h6-10,16,20H,11-15,17H2,1-5H3,(H,28,33). The first kappa shape index (κ1) is 24.8. The summed E-state index contributed by atoms with van der Waals surface area (Å²) >= 11 is 0. The molecule has 3 heterocycles. The summed E-state index contributed by atoms with van der Waals surface area (Å²) in [6.07, 6.45) is 2.85. The van der Waals surface area contributed by atoms with Crippen LogP contribution in [0.4, 0.5) is 9.59 Å². The van der Waals surface area contributed by atoms with Crippen molar-refractivity contribution in [2.45, 2.75) is 77.6 Å². The Morgan fingerprint density at radius 1 is 1.11 bits per heavy atom. The zero-order valence-corrected chi connectivity index (χ0v) is 21.2. The summed E-state index contributed by atoms with van der Waals surface area (Å²) < 4.78 is 7.13. The molecule has 1 aromatic carbocycles. The number of ether oxygens (including phenoxy) is 1. The number of benzene rings is 1. The van der Waals surface area contributed by atoms with E-state index in [4.69, 9.17) is 4.74 Å². The maximum Gasteiger partial charge on any atom is 0.408 e. The van der Waals surface area contributed by atoms with Crippen LogP contribution in [0.1, 0.15) is 57.6 Å². The van der Waals surface area contributed by atoms with Gasteiger partial charge in [0.15, 0.2) is 0 Å². The van der Waals surface area contributed by atoms with Crippen LogP contribution in [0, 0.1) is 6.92 Å². The third-order valence-electron chi connectivity index (χ3n) is 6.62. The first-order valence-corrected chi connectivity index (χ1v) is 12.2. The lowest BCUT2D eigenvalue weighted by Gasteiger charge is -2.41. The molecule has 0 radical (unpaired) electrons. The Kier molecular flexibility index (Phi) is 6.62. The number of hydrogen-bond donors (Lipinski definition) is 1. The average Bonchev–Trinajstić information content (AvgIpc) is 3.32. The van der Waals surface area contributed by atoms with Crippen molar-refractivity contribution in [2.24, 2.45) is 0 Å². The lowest BCUT2D eigenvalue weighted by atomic mass is 9.90. The van der Waals surface area contributed by atoms with Gasteiger partial charge in [0.05, 0.1) is 18.4 Å². The van der Waals surface area contributed by atoms with Gasteiger partial charge in [0.2, 0.25) is 5.91 Å². The summed E-state index contributed by atoms with van der Waals surface area (Å²) in [4.78, 5) is 47.2. The van der Waals surface area contributed by atoms with Crippen molar-refractivity contribution in [1.29, 1.82) is 0 Å². The fourth-order valence-electron chi connectivity index (χ4n) is 4.96. The molecule has 4 rings (SSSR count). The molecular weight excluding hydrogens is 446 g/mol. The molecule has 35 heavy (non-hydrogen) atoms. The number of amides is 3. The monoisotopic (exact) mass is 481 g/mol. The maximum absolute atomic E-state index is 13.8. The van der Waals surface area contributed by atoms with Gasteiger partial charge in [-0.1, -0.05) is 30.3 Å². The number of carbonyl (C=O) groups excluding carboxylic acids is 3. The summed E-state index contributed by atoms with van der Waals surface area (Å²) in [5.74, 6) is 0.551. The molecule has 2 aromatic rings. The lowest BCUT2D eigenvalue weighted by Crippen LogP contribution is -2.61. The second-order valence-electron chi connectivity index (χ2n) is 10.7. The quantitative estimate of drug-likeness (QED) is 0.705. The average molecular weight is 482 g/mol. The van der Waals surface area contributed by atoms with Crippen molar-refractivity contribution in [1.82, 2.24) is 24.7 Å². The number of piperidine rings is 1. The number of nitrogens with zero attached hydrogens (tertiary/aromatic N) is 4. The smallest absolute Gasteiger partial charge is 0.408 e. The Morgan fingerprint density at radius 2 is 1.77 bits per heavy atom. The van der Waals surface area contributed by atoms with Crippen molar-refractivity contribution >= 4 is 18.0 Å². The molecule has 9 nitrogen and oxygen atoms in total. The number of carbonyl (C=O) groups is 3. The van der Waals surface area contributed by atoms with Crippen molar-refractivity contribution < 1.29 is 19.1 Å². The van der Waals surface area contributed by atoms with Crippen LogP contribution in [0.2, 0.25) is 0 Å². The highest BCUT2D eigenvalue weighted by Gasteiger charge is 2.42. The lowest BCUT2D eigenvalue weighted by molar-refractivity contribution is -0.139. The van der Waals surface area contributed by atoms with Crippen LogP contribution in [0.5, 0.6) is 0 Å². The van der Waals surface area contributed by atoms with E-state index in [2.05, 4.69) is 10.3 Å². The van der Waals surface area contributed by atoms with E-state index in [1.807, 2.05) is 42.2 Å². The van der Waals surface area contributed by atoms with E-state index < -0.39 is 17.2 Å². The molecule has 2 aliphatic heterocycles. The van der Waals surface area contributed by atoms with Gasteiger partial charge < -0.3 is 19.9 Å². The predicted molar refractivity (Wildman–Crippen MR) is 131 cm³/mol. The summed E-state index contributed by atoms with van der Waals surface area (Å²) in [6.45, 7) is 10.5. The van der Waals surface area contributed by atoms with Crippen molar-refractivity contribution in [3.63, 3.8) is 0 Å². The molecule has 1 atom stereocenters. The van der Waals surface area contributed by atoms with Gasteiger partial charge in [0.25, 0.3) is 0 Å². The topological polar surface area (TPSA) is 96.8 Å². The Labute approximate surface area is 206 Å². The number of rotatable bonds is 5. The molecule has 0 aliphatic carbocycles. The minimum absolute atomic E-state index is 0.0414. The van der Waals surface area contributed by atoms with E-state index in [-0.39, 0.29) is 18.0 Å². The van der Waals surface area contributed by atoms with E-state index >= 15 is 0 Å². The van der Waals surface area contributed by atoms with E-state index in [0.29, 0.717) is 44.7 Å². The van der Waals surface area contributed by atoms with E-state index in [0.717, 1.165) is 11.3 Å². The summed E-state index contributed by atoms with van der Waals surface area (Å²) in [5, 5.41) is 2.86. The molecule has 1 N–H and O–H groups in total. The molecule has 1 unspecified atom stereocenters. The summed E-state index contributed by atoms with van der Waals surface area (Å²) in [7, 11) is 0. The van der Waals surface area contributed by atoms with Crippen LogP contribution < -0.4 is 5.32 Å². The van der Waals surface area contributed by atoms with Crippen LogP contribution in [0.25, 0.3) is 0 Å². The number of imidazole rings is 1. The fourth-order valence-corrected chi connectivity index (χ4v) is 4.96. The van der Waals surface area contributed by atoms with Crippen LogP contribution in [-0.4, -0.2) is 67.7 Å². The number of fused-ring (bicyclic) bond motifs is 1. The molecule has 3 amide bonds. The van der Waals surface area contributed by atoms with Gasteiger partial charge in [-0.2, -0.15) is 0 Å². The van der Waals surface area contributed by atoms with Gasteiger partial charge in [-0.15, -0.1) is 0 Å². The first-order chi connectivity index (χ1) is 16.5. The normalized spacial score (nSPS) is 18.3. The van der Waals surface area contributed by atoms with Crippen molar-refractivity contribution in [3.8, 4) is 0 Å². The molecule has 9 heteroatoms. The number of nitrogens with one attached hydrogen (secondary N) is 1. The second kappa shape index (κ2) is 9.36.